The highest BCUT2D eigenvalue weighted by molar-refractivity contribution is 5.87. The number of carbonyl (C=O) groups is 2. The Labute approximate surface area is 89.8 Å². The van der Waals surface area contributed by atoms with Crippen LogP contribution in [0.15, 0.2) is 23.9 Å². The fourth-order valence-corrected chi connectivity index (χ4v) is 1.59. The van der Waals surface area contributed by atoms with E-state index in [1.54, 1.807) is 0 Å². The van der Waals surface area contributed by atoms with E-state index in [1.807, 2.05) is 0 Å². The van der Waals surface area contributed by atoms with Crippen molar-refractivity contribution in [2.75, 3.05) is 0 Å². The summed E-state index contributed by atoms with van der Waals surface area (Å²) in [4.78, 5) is 31.7. The van der Waals surface area contributed by atoms with Crippen molar-refractivity contribution in [1.82, 2.24) is 0 Å². The maximum atomic E-state index is 11.0. The fourth-order valence-electron chi connectivity index (χ4n) is 1.59. The molecule has 16 heavy (non-hydrogen) atoms. The first-order chi connectivity index (χ1) is 7.30. The van der Waals surface area contributed by atoms with Gasteiger partial charge in [-0.2, -0.15) is 0 Å². The highest BCUT2D eigenvalue weighted by Gasteiger charge is 2.52. The van der Waals surface area contributed by atoms with E-state index < -0.39 is 33.9 Å². The van der Waals surface area contributed by atoms with E-state index in [9.17, 15) is 19.7 Å². The van der Waals surface area contributed by atoms with Crippen LogP contribution in [0.4, 0.5) is 0 Å². The Morgan fingerprint density at radius 2 is 2.06 bits per heavy atom. The first kappa shape index (κ1) is 11.9. The normalized spacial score (nSPS) is 28.3. The molecule has 0 spiro atoms. The third kappa shape index (κ3) is 1.67. The molecule has 1 aliphatic carbocycles. The smallest absolute Gasteiger partial charge is 0.318 e. The monoisotopic (exact) mass is 227 g/mol. The van der Waals surface area contributed by atoms with Crippen LogP contribution in [0.1, 0.15) is 6.92 Å². The number of carboxylic acid groups (broad SMARTS) is 2. The number of aliphatic carboxylic acids is 2. The minimum atomic E-state index is -1.80. The summed E-state index contributed by atoms with van der Waals surface area (Å²) in [5.74, 6) is -4.63. The fraction of sp³-hybridized carbons (Fsp3) is 0.333. The van der Waals surface area contributed by atoms with Gasteiger partial charge in [0.25, 0.3) is 5.70 Å². The molecule has 0 aliphatic heterocycles. The van der Waals surface area contributed by atoms with Gasteiger partial charge in [-0.1, -0.05) is 12.2 Å². The van der Waals surface area contributed by atoms with E-state index in [1.165, 1.54) is 6.08 Å². The van der Waals surface area contributed by atoms with E-state index >= 15 is 0 Å². The lowest BCUT2D eigenvalue weighted by Gasteiger charge is -2.27. The van der Waals surface area contributed by atoms with Gasteiger partial charge in [0.05, 0.1) is 4.92 Å². The molecule has 2 N–H and O–H groups in total. The zero-order chi connectivity index (χ0) is 12.5. The van der Waals surface area contributed by atoms with E-state index in [0.29, 0.717) is 0 Å². The minimum Gasteiger partial charge on any atom is -0.481 e. The lowest BCUT2D eigenvalue weighted by atomic mass is 9.72. The van der Waals surface area contributed by atoms with Crippen molar-refractivity contribution in [3.05, 3.63) is 34.0 Å². The van der Waals surface area contributed by atoms with E-state index in [2.05, 4.69) is 0 Å². The second-order valence-electron chi connectivity index (χ2n) is 3.57. The molecular formula is C9H9NO6. The molecule has 86 valence electrons. The SMILES string of the molecule is C[C@]1(C(=O)O)C=CC=C([N+](=O)[O-])[C@H]1C(=O)O. The minimum absolute atomic E-state index is 0.625. The predicted molar refractivity (Wildman–Crippen MR) is 51.1 cm³/mol. The maximum absolute atomic E-state index is 11.0. The highest BCUT2D eigenvalue weighted by Crippen LogP contribution is 2.38. The summed E-state index contributed by atoms with van der Waals surface area (Å²) in [6.07, 6.45) is 3.33. The Hall–Kier alpha value is -2.18. The van der Waals surface area contributed by atoms with Crippen LogP contribution in [0.3, 0.4) is 0 Å². The molecule has 7 heteroatoms. The average Bonchev–Trinajstić information content (AvgIpc) is 2.16. The molecule has 1 aliphatic rings. The average molecular weight is 227 g/mol. The summed E-state index contributed by atoms with van der Waals surface area (Å²) in [7, 11) is 0. The van der Waals surface area contributed by atoms with Crippen LogP contribution in [-0.2, 0) is 9.59 Å². The van der Waals surface area contributed by atoms with Gasteiger partial charge in [0.1, 0.15) is 5.41 Å². The molecule has 0 aromatic heterocycles. The molecule has 0 unspecified atom stereocenters. The Kier molecular flexibility index (Phi) is 2.80. The zero-order valence-electron chi connectivity index (χ0n) is 8.28. The first-order valence-electron chi connectivity index (χ1n) is 4.30. The zero-order valence-corrected chi connectivity index (χ0v) is 8.28. The van der Waals surface area contributed by atoms with Gasteiger partial charge in [-0.05, 0) is 6.92 Å². The number of nitrogens with zero attached hydrogens (tertiary/aromatic N) is 1. The van der Waals surface area contributed by atoms with Crippen molar-refractivity contribution in [3.63, 3.8) is 0 Å². The van der Waals surface area contributed by atoms with E-state index in [-0.39, 0.29) is 0 Å². The second-order valence-corrected chi connectivity index (χ2v) is 3.57. The van der Waals surface area contributed by atoms with Crippen molar-refractivity contribution < 1.29 is 24.7 Å². The van der Waals surface area contributed by atoms with Crippen LogP contribution in [0.2, 0.25) is 0 Å². The van der Waals surface area contributed by atoms with Crippen LogP contribution in [0.5, 0.6) is 0 Å². The molecule has 0 heterocycles. The van der Waals surface area contributed by atoms with Crippen LogP contribution in [0, 0.1) is 21.4 Å². The van der Waals surface area contributed by atoms with Gasteiger partial charge in [0.2, 0.25) is 0 Å². The van der Waals surface area contributed by atoms with Crippen molar-refractivity contribution in [3.8, 4) is 0 Å². The number of hydrogen-bond donors (Lipinski definition) is 2. The lowest BCUT2D eigenvalue weighted by molar-refractivity contribution is -0.434. The molecule has 7 nitrogen and oxygen atoms in total. The van der Waals surface area contributed by atoms with Gasteiger partial charge in [-0.15, -0.1) is 0 Å². The Balaban J connectivity index is 3.32. The number of hydrogen-bond acceptors (Lipinski definition) is 4. The standard InChI is InChI=1S/C9H9NO6/c1-9(8(13)14)4-2-3-5(10(15)16)6(9)7(11)12/h2-4,6H,1H3,(H,11,12)(H,13,14)/t6-,9-/m0/s1. The molecule has 0 aromatic rings. The summed E-state index contributed by atoms with van der Waals surface area (Å²) in [6.45, 7) is 1.14. The Morgan fingerprint density at radius 1 is 1.50 bits per heavy atom. The van der Waals surface area contributed by atoms with Crippen LogP contribution < -0.4 is 0 Å². The molecule has 0 bridgehead atoms. The van der Waals surface area contributed by atoms with Crippen LogP contribution in [-0.4, -0.2) is 27.1 Å². The molecule has 0 radical (unpaired) electrons. The van der Waals surface area contributed by atoms with E-state index in [0.717, 1.165) is 19.1 Å². The third-order valence-electron chi connectivity index (χ3n) is 2.52. The molecule has 0 fully saturated rings. The van der Waals surface area contributed by atoms with Gasteiger partial charge < -0.3 is 10.2 Å². The molecule has 0 aromatic carbocycles. The van der Waals surface area contributed by atoms with Gasteiger partial charge >= 0.3 is 11.9 Å². The summed E-state index contributed by atoms with van der Waals surface area (Å²) < 4.78 is 0. The molecule has 0 saturated heterocycles. The number of rotatable bonds is 3. The van der Waals surface area contributed by atoms with Gasteiger partial charge in [-0.25, -0.2) is 0 Å². The topological polar surface area (TPSA) is 118 Å². The largest absolute Gasteiger partial charge is 0.481 e. The summed E-state index contributed by atoms with van der Waals surface area (Å²) in [5, 5.41) is 28.5. The lowest BCUT2D eigenvalue weighted by Crippen LogP contribution is -2.42. The molecule has 1 rings (SSSR count). The van der Waals surface area contributed by atoms with Crippen LogP contribution >= 0.6 is 0 Å². The predicted octanol–water partition coefficient (Wildman–Crippen LogP) is 0.508. The van der Waals surface area contributed by atoms with Crippen molar-refractivity contribution in [2.45, 2.75) is 6.92 Å². The third-order valence-corrected chi connectivity index (χ3v) is 2.52. The van der Waals surface area contributed by atoms with Gasteiger partial charge in [-0.3, -0.25) is 19.7 Å². The van der Waals surface area contributed by atoms with Crippen molar-refractivity contribution >= 4 is 11.9 Å². The quantitative estimate of drug-likeness (QED) is 0.535. The van der Waals surface area contributed by atoms with Crippen molar-refractivity contribution in [1.29, 1.82) is 0 Å². The Morgan fingerprint density at radius 3 is 2.44 bits per heavy atom. The number of nitro groups is 1. The number of carboxylic acids is 2. The molecule has 2 atom stereocenters. The summed E-state index contributed by atoms with van der Waals surface area (Å²) in [6, 6.07) is 0. The summed E-state index contributed by atoms with van der Waals surface area (Å²) in [5.41, 5.74) is -2.43. The second kappa shape index (κ2) is 3.76. The van der Waals surface area contributed by atoms with Crippen LogP contribution in [0.25, 0.3) is 0 Å². The summed E-state index contributed by atoms with van der Waals surface area (Å²) >= 11 is 0. The van der Waals surface area contributed by atoms with E-state index in [4.69, 9.17) is 10.2 Å². The highest BCUT2D eigenvalue weighted by atomic mass is 16.6. The maximum Gasteiger partial charge on any atom is 0.318 e. The van der Waals surface area contributed by atoms with Gasteiger partial charge in [0.15, 0.2) is 5.92 Å². The molecule has 0 amide bonds. The molecule has 0 saturated carbocycles. The first-order valence-corrected chi connectivity index (χ1v) is 4.30. The Bertz CT molecular complexity index is 424. The van der Waals surface area contributed by atoms with Gasteiger partial charge in [0, 0.05) is 6.08 Å². The molecular weight excluding hydrogens is 218 g/mol. The van der Waals surface area contributed by atoms with Crippen molar-refractivity contribution in [2.24, 2.45) is 11.3 Å². The number of allylic oxidation sites excluding steroid dienone is 2.